The van der Waals surface area contributed by atoms with Crippen LogP contribution in [0.5, 0.6) is 0 Å². The quantitative estimate of drug-likeness (QED) is 0.724. The van der Waals surface area contributed by atoms with Crippen LogP contribution in [0.3, 0.4) is 0 Å². The van der Waals surface area contributed by atoms with E-state index in [-0.39, 0.29) is 18.0 Å². The molecule has 4 heteroatoms. The van der Waals surface area contributed by atoms with Crippen molar-refractivity contribution in [2.24, 2.45) is 0 Å². The maximum atomic E-state index is 13.4. The summed E-state index contributed by atoms with van der Waals surface area (Å²) >= 11 is 0. The van der Waals surface area contributed by atoms with Crippen molar-refractivity contribution in [2.45, 2.75) is 32.2 Å². The molecule has 1 rings (SSSR count). The molecule has 0 aromatic heterocycles. The van der Waals surface area contributed by atoms with Crippen LogP contribution < -0.4 is 0 Å². The van der Waals surface area contributed by atoms with E-state index in [0.29, 0.717) is 6.42 Å². The van der Waals surface area contributed by atoms with E-state index in [4.69, 9.17) is 0 Å². The van der Waals surface area contributed by atoms with Crippen LogP contribution in [0.25, 0.3) is 0 Å². The fraction of sp³-hybridized carbons (Fsp3) is 0.500. The van der Waals surface area contributed by atoms with Gasteiger partial charge in [0.2, 0.25) is 0 Å². The number of nitrogens with zero attached hydrogens (tertiary/aromatic N) is 1. The van der Waals surface area contributed by atoms with Crippen molar-refractivity contribution >= 4 is 0 Å². The van der Waals surface area contributed by atoms with E-state index >= 15 is 0 Å². The second-order valence-electron chi connectivity index (χ2n) is 3.91. The summed E-state index contributed by atoms with van der Waals surface area (Å²) in [4.78, 5) is 0. The van der Waals surface area contributed by atoms with Gasteiger partial charge in [0.05, 0.1) is 0 Å². The third-order valence-corrected chi connectivity index (χ3v) is 2.62. The summed E-state index contributed by atoms with van der Waals surface area (Å²) in [5.41, 5.74) is 0.265. The van der Waals surface area contributed by atoms with Crippen LogP contribution in [0.1, 0.15) is 25.3 Å². The van der Waals surface area contributed by atoms with Gasteiger partial charge in [0, 0.05) is 6.04 Å². The lowest BCUT2D eigenvalue weighted by molar-refractivity contribution is 0.304. The number of benzene rings is 1. The fourth-order valence-corrected chi connectivity index (χ4v) is 1.71. The highest BCUT2D eigenvalue weighted by Gasteiger charge is 2.13. The summed E-state index contributed by atoms with van der Waals surface area (Å²) in [6, 6.07) is 3.77. The zero-order valence-electron chi connectivity index (χ0n) is 9.54. The van der Waals surface area contributed by atoms with Gasteiger partial charge >= 0.3 is 0 Å². The number of hydrogen-bond donors (Lipinski definition) is 0. The van der Waals surface area contributed by atoms with Gasteiger partial charge in [-0.05, 0) is 31.5 Å². The van der Waals surface area contributed by atoms with Crippen LogP contribution in [0.15, 0.2) is 18.2 Å². The molecule has 0 amide bonds. The van der Waals surface area contributed by atoms with E-state index in [2.05, 4.69) is 0 Å². The van der Waals surface area contributed by atoms with Gasteiger partial charge in [0.25, 0.3) is 0 Å². The fourth-order valence-electron chi connectivity index (χ4n) is 1.71. The Labute approximate surface area is 94.5 Å². The van der Waals surface area contributed by atoms with E-state index in [1.54, 1.807) is 0 Å². The van der Waals surface area contributed by atoms with E-state index in [9.17, 15) is 14.0 Å². The van der Waals surface area contributed by atoms with Gasteiger partial charge in [0.15, 0.2) is 11.6 Å². The molecule has 0 radical (unpaired) electrons. The van der Waals surface area contributed by atoms with Gasteiger partial charge in [-0.25, -0.2) is 8.78 Å². The standard InChI is InChI=1S/C12H16F2NO/c1-3-5-10(15(2)16)8-9-6-4-7-11(13)12(9)14/h4,6-7,10H,3,5,8H2,1-2H3/q-1. The molecule has 0 aliphatic heterocycles. The van der Waals surface area contributed by atoms with Crippen LogP contribution >= 0.6 is 0 Å². The molecule has 1 aromatic rings. The molecule has 1 unspecified atom stereocenters. The van der Waals surface area contributed by atoms with Crippen molar-refractivity contribution in [2.75, 3.05) is 7.05 Å². The third kappa shape index (κ3) is 3.25. The average Bonchev–Trinajstić information content (AvgIpc) is 2.23. The van der Waals surface area contributed by atoms with Crippen LogP contribution in [-0.2, 0) is 6.42 Å². The van der Waals surface area contributed by atoms with Gasteiger partial charge in [-0.2, -0.15) is 0 Å². The highest BCUT2D eigenvalue weighted by atomic mass is 19.2. The molecule has 0 aliphatic rings. The minimum Gasteiger partial charge on any atom is -0.785 e. The van der Waals surface area contributed by atoms with E-state index in [0.717, 1.165) is 17.6 Å². The van der Waals surface area contributed by atoms with Gasteiger partial charge in [-0.15, -0.1) is 0 Å². The highest BCUT2D eigenvalue weighted by Crippen LogP contribution is 2.17. The Morgan fingerprint density at radius 1 is 1.38 bits per heavy atom. The Hall–Kier alpha value is -1.00. The van der Waals surface area contributed by atoms with Crippen molar-refractivity contribution in [3.05, 3.63) is 40.6 Å². The molecule has 0 heterocycles. The van der Waals surface area contributed by atoms with Crippen molar-refractivity contribution in [1.29, 1.82) is 0 Å². The molecular weight excluding hydrogens is 212 g/mol. The molecule has 1 atom stereocenters. The van der Waals surface area contributed by atoms with E-state index in [1.165, 1.54) is 19.2 Å². The molecule has 0 N–H and O–H groups in total. The Kier molecular flexibility index (Phi) is 4.83. The zero-order chi connectivity index (χ0) is 12.1. The van der Waals surface area contributed by atoms with Crippen LogP contribution in [0, 0.1) is 16.8 Å². The predicted molar refractivity (Wildman–Crippen MR) is 59.9 cm³/mol. The molecule has 0 bridgehead atoms. The van der Waals surface area contributed by atoms with Gasteiger partial charge in [-0.3, -0.25) is 0 Å². The first-order valence-corrected chi connectivity index (χ1v) is 5.39. The summed E-state index contributed by atoms with van der Waals surface area (Å²) in [7, 11) is 1.41. The van der Waals surface area contributed by atoms with Gasteiger partial charge in [0.1, 0.15) is 0 Å². The van der Waals surface area contributed by atoms with Crippen LogP contribution in [-0.4, -0.2) is 18.2 Å². The second kappa shape index (κ2) is 5.92. The lowest BCUT2D eigenvalue weighted by Crippen LogP contribution is -2.28. The molecule has 1 aromatic carbocycles. The van der Waals surface area contributed by atoms with E-state index in [1.807, 2.05) is 6.92 Å². The number of hydroxylamine groups is 2. The van der Waals surface area contributed by atoms with Crippen molar-refractivity contribution in [1.82, 2.24) is 5.06 Å². The van der Waals surface area contributed by atoms with Crippen molar-refractivity contribution in [3.8, 4) is 0 Å². The molecule has 90 valence electrons. The maximum absolute atomic E-state index is 13.4. The molecule has 0 aliphatic carbocycles. The average molecular weight is 228 g/mol. The lowest BCUT2D eigenvalue weighted by atomic mass is 10.0. The summed E-state index contributed by atoms with van der Waals surface area (Å²) in [6.45, 7) is 1.96. The Morgan fingerprint density at radius 2 is 2.06 bits per heavy atom. The molecule has 0 saturated carbocycles. The number of halogens is 2. The summed E-state index contributed by atoms with van der Waals surface area (Å²) < 4.78 is 26.3. The zero-order valence-corrected chi connectivity index (χ0v) is 9.54. The summed E-state index contributed by atoms with van der Waals surface area (Å²) in [5.74, 6) is -1.70. The van der Waals surface area contributed by atoms with Gasteiger partial charge < -0.3 is 10.3 Å². The Morgan fingerprint density at radius 3 is 2.62 bits per heavy atom. The molecular formula is C12H16F2NO-. The molecule has 0 spiro atoms. The van der Waals surface area contributed by atoms with Gasteiger partial charge in [-0.1, -0.05) is 25.5 Å². The predicted octanol–water partition coefficient (Wildman–Crippen LogP) is 3.11. The SMILES string of the molecule is CCCC(Cc1cccc(F)c1F)N(C)[O-]. The summed E-state index contributed by atoms with van der Waals surface area (Å²) in [6.07, 6.45) is 1.77. The minimum absolute atomic E-state index is 0.247. The number of rotatable bonds is 5. The number of likely N-dealkylation sites (N-methyl/N-ethyl adjacent to an activating group) is 1. The smallest absolute Gasteiger partial charge is 0.162 e. The second-order valence-corrected chi connectivity index (χ2v) is 3.91. The molecule has 16 heavy (non-hydrogen) atoms. The first-order valence-electron chi connectivity index (χ1n) is 5.39. The normalized spacial score (nSPS) is 13.1. The largest absolute Gasteiger partial charge is 0.785 e. The van der Waals surface area contributed by atoms with E-state index < -0.39 is 11.6 Å². The Bertz CT molecular complexity index is 342. The first kappa shape index (κ1) is 13.1. The third-order valence-electron chi connectivity index (χ3n) is 2.62. The molecule has 0 saturated heterocycles. The topological polar surface area (TPSA) is 26.3 Å². The summed E-state index contributed by atoms with van der Waals surface area (Å²) in [5, 5.41) is 12.0. The first-order chi connectivity index (χ1) is 7.56. The molecule has 0 fully saturated rings. The lowest BCUT2D eigenvalue weighted by Gasteiger charge is -2.33. The minimum atomic E-state index is -0.860. The number of hydrogen-bond acceptors (Lipinski definition) is 2. The van der Waals surface area contributed by atoms with Crippen LogP contribution in [0.2, 0.25) is 0 Å². The Balaban J connectivity index is 2.81. The highest BCUT2D eigenvalue weighted by molar-refractivity contribution is 5.20. The maximum Gasteiger partial charge on any atom is 0.162 e. The van der Waals surface area contributed by atoms with Crippen LogP contribution in [0.4, 0.5) is 8.78 Å². The van der Waals surface area contributed by atoms with Crippen molar-refractivity contribution < 1.29 is 8.78 Å². The molecule has 2 nitrogen and oxygen atoms in total. The van der Waals surface area contributed by atoms with Crippen molar-refractivity contribution in [3.63, 3.8) is 0 Å². The monoisotopic (exact) mass is 228 g/mol.